The largest absolute Gasteiger partial charge is 0.354 e. The van der Waals surface area contributed by atoms with Crippen LogP contribution in [0.2, 0.25) is 0 Å². The van der Waals surface area contributed by atoms with Crippen LogP contribution in [0.1, 0.15) is 49.9 Å². The van der Waals surface area contributed by atoms with Crippen LogP contribution in [0.4, 0.5) is 0 Å². The second-order valence-corrected chi connectivity index (χ2v) is 7.43. The highest BCUT2D eigenvalue weighted by molar-refractivity contribution is 7.08. The minimum absolute atomic E-state index is 0.0132. The molecule has 1 saturated heterocycles. The van der Waals surface area contributed by atoms with E-state index in [9.17, 15) is 9.59 Å². The molecule has 2 amide bonds. The van der Waals surface area contributed by atoms with Crippen molar-refractivity contribution in [2.75, 3.05) is 26.2 Å². The molecule has 0 unspecified atom stereocenters. The van der Waals surface area contributed by atoms with Gasteiger partial charge >= 0.3 is 0 Å². The normalized spacial score (nSPS) is 16.1. The third kappa shape index (κ3) is 5.62. The summed E-state index contributed by atoms with van der Waals surface area (Å²) in [5, 5.41) is 9.44. The molecule has 0 bridgehead atoms. The fourth-order valence-electron chi connectivity index (χ4n) is 2.80. The molecular formula is C17H27N3O2S. The molecule has 1 aromatic heterocycles. The third-order valence-electron chi connectivity index (χ3n) is 4.35. The average molecular weight is 337 g/mol. The van der Waals surface area contributed by atoms with Crippen molar-refractivity contribution < 1.29 is 9.59 Å². The highest BCUT2D eigenvalue weighted by Gasteiger charge is 2.28. The van der Waals surface area contributed by atoms with Crippen molar-refractivity contribution >= 4 is 23.2 Å². The summed E-state index contributed by atoms with van der Waals surface area (Å²) >= 11 is 1.49. The Hall–Kier alpha value is -1.40. The monoisotopic (exact) mass is 337 g/mol. The Morgan fingerprint density at radius 3 is 2.61 bits per heavy atom. The number of hydrogen-bond acceptors (Lipinski definition) is 4. The fraction of sp³-hybridized carbons (Fsp3) is 0.647. The molecule has 1 fully saturated rings. The molecule has 0 atom stereocenters. The predicted octanol–water partition coefficient (Wildman–Crippen LogP) is 2.25. The number of thiophene rings is 1. The minimum Gasteiger partial charge on any atom is -0.354 e. The molecule has 6 heteroatoms. The Balaban J connectivity index is 1.65. The predicted molar refractivity (Wildman–Crippen MR) is 93.8 cm³/mol. The van der Waals surface area contributed by atoms with Crippen molar-refractivity contribution in [3.63, 3.8) is 0 Å². The van der Waals surface area contributed by atoms with Crippen LogP contribution >= 0.6 is 11.3 Å². The summed E-state index contributed by atoms with van der Waals surface area (Å²) in [7, 11) is 0. The molecule has 128 valence electrons. The second-order valence-electron chi connectivity index (χ2n) is 6.65. The zero-order valence-corrected chi connectivity index (χ0v) is 14.9. The summed E-state index contributed by atoms with van der Waals surface area (Å²) in [6.45, 7) is 7.59. The molecule has 0 aromatic carbocycles. The molecule has 0 spiro atoms. The summed E-state index contributed by atoms with van der Waals surface area (Å²) in [5.74, 6) is -0.131. The van der Waals surface area contributed by atoms with Gasteiger partial charge in [0.2, 0.25) is 5.91 Å². The van der Waals surface area contributed by atoms with Crippen LogP contribution in [0.3, 0.4) is 0 Å². The van der Waals surface area contributed by atoms with Crippen LogP contribution in [0.5, 0.6) is 0 Å². The van der Waals surface area contributed by atoms with Crippen molar-refractivity contribution in [3.8, 4) is 0 Å². The highest BCUT2D eigenvalue weighted by Crippen LogP contribution is 2.19. The molecule has 0 saturated carbocycles. The van der Waals surface area contributed by atoms with Crippen molar-refractivity contribution in [2.45, 2.75) is 45.1 Å². The van der Waals surface area contributed by atoms with Gasteiger partial charge in [-0.25, -0.2) is 0 Å². The summed E-state index contributed by atoms with van der Waals surface area (Å²) in [6.07, 6.45) is 4.10. The Morgan fingerprint density at radius 2 is 1.96 bits per heavy atom. The summed E-state index contributed by atoms with van der Waals surface area (Å²) in [5.41, 5.74) is 0.636. The lowest BCUT2D eigenvalue weighted by atomic mass is 9.98. The molecule has 23 heavy (non-hydrogen) atoms. The molecule has 1 aromatic rings. The minimum atomic E-state index is -0.118. The zero-order chi connectivity index (χ0) is 16.7. The smallest absolute Gasteiger partial charge is 0.252 e. The van der Waals surface area contributed by atoms with Gasteiger partial charge in [0.1, 0.15) is 0 Å². The molecule has 0 radical (unpaired) electrons. The van der Waals surface area contributed by atoms with Crippen LogP contribution in [-0.2, 0) is 4.79 Å². The van der Waals surface area contributed by atoms with Crippen molar-refractivity contribution in [3.05, 3.63) is 22.4 Å². The first-order valence-electron chi connectivity index (χ1n) is 8.31. The molecule has 1 aliphatic rings. The zero-order valence-electron chi connectivity index (χ0n) is 14.1. The summed E-state index contributed by atoms with van der Waals surface area (Å²) < 4.78 is 0. The van der Waals surface area contributed by atoms with Gasteiger partial charge in [-0.05, 0) is 51.2 Å². The quantitative estimate of drug-likeness (QED) is 0.802. The van der Waals surface area contributed by atoms with Crippen LogP contribution in [-0.4, -0.2) is 48.4 Å². The van der Waals surface area contributed by atoms with Crippen molar-refractivity contribution in [1.29, 1.82) is 0 Å². The van der Waals surface area contributed by atoms with Crippen LogP contribution < -0.4 is 10.6 Å². The van der Waals surface area contributed by atoms with Crippen LogP contribution in [0, 0.1) is 0 Å². The number of nitrogens with zero attached hydrogens (tertiary/aromatic N) is 1. The van der Waals surface area contributed by atoms with E-state index in [1.165, 1.54) is 30.6 Å². The number of rotatable bonds is 7. The van der Waals surface area contributed by atoms with E-state index < -0.39 is 0 Å². The Morgan fingerprint density at radius 1 is 1.22 bits per heavy atom. The molecular weight excluding hydrogens is 310 g/mol. The molecule has 2 rings (SSSR count). The lowest BCUT2D eigenvalue weighted by Crippen LogP contribution is -2.53. The number of carbonyl (C=O) groups is 2. The van der Waals surface area contributed by atoms with E-state index in [4.69, 9.17) is 0 Å². The maximum atomic E-state index is 12.0. The van der Waals surface area contributed by atoms with Gasteiger partial charge in [-0.1, -0.05) is 6.42 Å². The SMILES string of the molecule is CC(C)(CNC(=O)CCNC(=O)c1ccsc1)N1CCCCC1. The van der Waals surface area contributed by atoms with Gasteiger partial charge in [-0.15, -0.1) is 0 Å². The highest BCUT2D eigenvalue weighted by atomic mass is 32.1. The lowest BCUT2D eigenvalue weighted by Gasteiger charge is -2.41. The van der Waals surface area contributed by atoms with E-state index in [0.29, 0.717) is 25.1 Å². The molecule has 5 nitrogen and oxygen atoms in total. The van der Waals surface area contributed by atoms with Gasteiger partial charge in [-0.2, -0.15) is 11.3 Å². The topological polar surface area (TPSA) is 61.4 Å². The Bertz CT molecular complexity index is 508. The maximum absolute atomic E-state index is 12.0. The van der Waals surface area contributed by atoms with Crippen molar-refractivity contribution in [1.82, 2.24) is 15.5 Å². The van der Waals surface area contributed by atoms with E-state index in [1.54, 1.807) is 11.4 Å². The van der Waals surface area contributed by atoms with Gasteiger partial charge in [0.25, 0.3) is 5.91 Å². The van der Waals surface area contributed by atoms with Gasteiger partial charge in [-0.3, -0.25) is 14.5 Å². The van der Waals surface area contributed by atoms with E-state index in [2.05, 4.69) is 29.4 Å². The van der Waals surface area contributed by atoms with E-state index in [0.717, 1.165) is 13.1 Å². The van der Waals surface area contributed by atoms with Crippen LogP contribution in [0.15, 0.2) is 16.8 Å². The van der Waals surface area contributed by atoms with Gasteiger partial charge in [0, 0.05) is 36.0 Å². The number of nitrogens with one attached hydrogen (secondary N) is 2. The summed E-state index contributed by atoms with van der Waals surface area (Å²) in [4.78, 5) is 26.2. The number of hydrogen-bond donors (Lipinski definition) is 2. The molecule has 0 aliphatic carbocycles. The van der Waals surface area contributed by atoms with Crippen LogP contribution in [0.25, 0.3) is 0 Å². The van der Waals surface area contributed by atoms with Gasteiger partial charge < -0.3 is 10.6 Å². The second kappa shape index (κ2) is 8.45. The Kier molecular flexibility index (Phi) is 6.59. The first-order chi connectivity index (χ1) is 11.0. The van der Waals surface area contributed by atoms with E-state index in [-0.39, 0.29) is 17.4 Å². The molecule has 2 heterocycles. The van der Waals surface area contributed by atoms with Crippen molar-refractivity contribution in [2.24, 2.45) is 0 Å². The van der Waals surface area contributed by atoms with E-state index >= 15 is 0 Å². The van der Waals surface area contributed by atoms with Gasteiger partial charge in [0.05, 0.1) is 0 Å². The molecule has 2 N–H and O–H groups in total. The Labute approximate surface area is 142 Å². The van der Waals surface area contributed by atoms with E-state index in [1.807, 2.05) is 5.38 Å². The third-order valence-corrected chi connectivity index (χ3v) is 5.03. The maximum Gasteiger partial charge on any atom is 0.252 e. The summed E-state index contributed by atoms with van der Waals surface area (Å²) in [6, 6.07) is 1.78. The number of amides is 2. The average Bonchev–Trinajstić information content (AvgIpc) is 3.08. The number of piperidine rings is 1. The first-order valence-corrected chi connectivity index (χ1v) is 9.25. The number of carbonyl (C=O) groups excluding carboxylic acids is 2. The van der Waals surface area contributed by atoms with Gasteiger partial charge in [0.15, 0.2) is 0 Å². The first kappa shape index (κ1) is 17.9. The lowest BCUT2D eigenvalue weighted by molar-refractivity contribution is -0.121. The standard InChI is InChI=1S/C17H27N3O2S/c1-17(2,20-9-4-3-5-10-20)13-19-15(21)6-8-18-16(22)14-7-11-23-12-14/h7,11-12H,3-6,8-10,13H2,1-2H3,(H,18,22)(H,19,21). The fourth-order valence-corrected chi connectivity index (χ4v) is 3.44. The number of likely N-dealkylation sites (tertiary alicyclic amines) is 1. The molecule has 1 aliphatic heterocycles.